The molecule has 0 unspecified atom stereocenters. The van der Waals surface area contributed by atoms with Gasteiger partial charge >= 0.3 is 12.1 Å². The molecule has 2 aromatic rings. The molecule has 0 bridgehead atoms. The number of methoxy groups -OCH3 is 1. The first-order valence-electron chi connectivity index (χ1n) is 7.96. The highest BCUT2D eigenvalue weighted by atomic mass is 79.9. The third-order valence-electron chi connectivity index (χ3n) is 3.62. The van der Waals surface area contributed by atoms with Crippen molar-refractivity contribution in [3.05, 3.63) is 69.1 Å². The Morgan fingerprint density at radius 2 is 1.86 bits per heavy atom. The lowest BCUT2D eigenvalue weighted by Crippen LogP contribution is -2.27. The highest BCUT2D eigenvalue weighted by molar-refractivity contribution is 9.11. The molecule has 0 heterocycles. The van der Waals surface area contributed by atoms with Crippen molar-refractivity contribution in [2.45, 2.75) is 12.2 Å². The van der Waals surface area contributed by atoms with Crippen molar-refractivity contribution >= 4 is 49.6 Å². The van der Waals surface area contributed by atoms with Crippen molar-refractivity contribution in [3.8, 4) is 5.75 Å². The van der Waals surface area contributed by atoms with E-state index in [1.165, 1.54) is 13.2 Å². The van der Waals surface area contributed by atoms with Crippen LogP contribution in [0.2, 0.25) is 0 Å². The van der Waals surface area contributed by atoms with Gasteiger partial charge in [0, 0.05) is 28.9 Å². The Labute approximate surface area is 178 Å². The Morgan fingerprint density at radius 1 is 1.18 bits per heavy atom. The number of amides is 1. The van der Waals surface area contributed by atoms with Crippen molar-refractivity contribution < 1.29 is 29.3 Å². The van der Waals surface area contributed by atoms with Gasteiger partial charge in [-0.15, -0.1) is 0 Å². The Balaban J connectivity index is 2.38. The average molecular weight is 515 g/mol. The Bertz CT molecular complexity index is 872. The molecule has 0 aliphatic carbocycles. The lowest BCUT2D eigenvalue weighted by Gasteiger charge is -2.25. The maximum absolute atomic E-state index is 12.4. The van der Waals surface area contributed by atoms with Crippen LogP contribution in [0, 0.1) is 0 Å². The minimum absolute atomic E-state index is 0.161. The molecule has 9 heteroatoms. The number of aliphatic carboxylic acids is 1. The van der Waals surface area contributed by atoms with E-state index in [4.69, 9.17) is 14.6 Å². The van der Waals surface area contributed by atoms with Crippen LogP contribution in [-0.2, 0) is 14.3 Å². The van der Waals surface area contributed by atoms with E-state index in [-0.39, 0.29) is 11.3 Å². The highest BCUT2D eigenvalue weighted by Gasteiger charge is 2.29. The molecule has 0 saturated carbocycles. The number of carbonyl (C=O) groups excluding carboxylic acids is 1. The number of nitrogens with one attached hydrogen (secondary N) is 1. The molecular weight excluding hydrogens is 498 g/mol. The van der Waals surface area contributed by atoms with Crippen molar-refractivity contribution in [2.75, 3.05) is 12.4 Å². The van der Waals surface area contributed by atoms with Gasteiger partial charge in [0.2, 0.25) is 0 Å². The van der Waals surface area contributed by atoms with E-state index in [0.29, 0.717) is 14.6 Å². The average Bonchev–Trinajstić information content (AvgIpc) is 2.64. The Kier molecular flexibility index (Phi) is 8.04. The minimum Gasteiger partial charge on any atom is -0.506 e. The Hall–Kier alpha value is -2.36. The summed E-state index contributed by atoms with van der Waals surface area (Å²) in [6, 6.07) is 11.8. The zero-order chi connectivity index (χ0) is 20.7. The molecule has 2 atom stereocenters. The van der Waals surface area contributed by atoms with E-state index in [1.54, 1.807) is 42.5 Å². The number of carboxylic acids is 1. The van der Waals surface area contributed by atoms with Crippen LogP contribution in [-0.4, -0.2) is 35.5 Å². The van der Waals surface area contributed by atoms with Gasteiger partial charge in [0.25, 0.3) is 0 Å². The standard InChI is InChI=1S/C19H17Br2NO6/c1-27-15(7-8-16(23)24)18(13-9-11(20)10-14(21)17(13)25)28-19(26)22-12-5-3-2-4-6-12/h2-10,15,18,25H,1H3,(H,22,26)(H,23,24)/b8-7+/t15-,18-/m0/s1. The number of phenols is 1. The largest absolute Gasteiger partial charge is 0.506 e. The highest BCUT2D eigenvalue weighted by Crippen LogP contribution is 2.39. The SMILES string of the molecule is CO[C@@H](/C=C/C(=O)O)[C@@H](OC(=O)Nc1ccccc1)c1cc(Br)cc(Br)c1O. The van der Waals surface area contributed by atoms with Gasteiger partial charge in [0.05, 0.1) is 4.47 Å². The predicted molar refractivity (Wildman–Crippen MR) is 110 cm³/mol. The zero-order valence-electron chi connectivity index (χ0n) is 14.6. The summed E-state index contributed by atoms with van der Waals surface area (Å²) >= 11 is 6.55. The molecular formula is C19H17Br2NO6. The maximum atomic E-state index is 12.4. The molecule has 0 aliphatic rings. The summed E-state index contributed by atoms with van der Waals surface area (Å²) in [7, 11) is 1.34. The van der Waals surface area contributed by atoms with Gasteiger partial charge in [0.15, 0.2) is 6.10 Å². The summed E-state index contributed by atoms with van der Waals surface area (Å²) in [4.78, 5) is 23.3. The van der Waals surface area contributed by atoms with Crippen LogP contribution in [0.4, 0.5) is 10.5 Å². The van der Waals surface area contributed by atoms with Gasteiger partial charge in [0.1, 0.15) is 11.9 Å². The van der Waals surface area contributed by atoms with Crippen molar-refractivity contribution in [2.24, 2.45) is 0 Å². The van der Waals surface area contributed by atoms with Crippen molar-refractivity contribution in [1.82, 2.24) is 0 Å². The number of benzene rings is 2. The van der Waals surface area contributed by atoms with Gasteiger partial charge in [-0.2, -0.15) is 0 Å². The molecule has 0 aromatic heterocycles. The van der Waals surface area contributed by atoms with E-state index in [2.05, 4.69) is 37.2 Å². The minimum atomic E-state index is -1.19. The van der Waals surface area contributed by atoms with Gasteiger partial charge in [-0.25, -0.2) is 9.59 Å². The summed E-state index contributed by atoms with van der Waals surface area (Å²) < 4.78 is 11.8. The van der Waals surface area contributed by atoms with Crippen molar-refractivity contribution in [1.29, 1.82) is 0 Å². The molecule has 0 fully saturated rings. The topological polar surface area (TPSA) is 105 Å². The second-order valence-electron chi connectivity index (χ2n) is 5.54. The number of ether oxygens (including phenoxy) is 2. The number of aromatic hydroxyl groups is 1. The third-order valence-corrected chi connectivity index (χ3v) is 4.68. The first kappa shape index (κ1) is 21.9. The number of carbonyl (C=O) groups is 2. The van der Waals surface area contributed by atoms with Crippen LogP contribution >= 0.6 is 31.9 Å². The number of carboxylic acid groups (broad SMARTS) is 1. The predicted octanol–water partition coefficient (Wildman–Crippen LogP) is 4.86. The number of phenolic OH excluding ortho intramolecular Hbond substituents is 1. The molecule has 2 aromatic carbocycles. The van der Waals surface area contributed by atoms with Gasteiger partial charge in [-0.05, 0) is 46.3 Å². The summed E-state index contributed by atoms with van der Waals surface area (Å²) in [6.45, 7) is 0. The fourth-order valence-corrected chi connectivity index (χ4v) is 3.63. The molecule has 28 heavy (non-hydrogen) atoms. The molecule has 3 N–H and O–H groups in total. The third kappa shape index (κ3) is 6.08. The number of rotatable bonds is 7. The number of hydrogen-bond acceptors (Lipinski definition) is 5. The lowest BCUT2D eigenvalue weighted by molar-refractivity contribution is -0.131. The summed E-state index contributed by atoms with van der Waals surface area (Å²) in [5.41, 5.74) is 0.743. The van der Waals surface area contributed by atoms with Crippen LogP contribution in [0.1, 0.15) is 11.7 Å². The first-order chi connectivity index (χ1) is 13.3. The van der Waals surface area contributed by atoms with Gasteiger partial charge in [-0.3, -0.25) is 5.32 Å². The quantitative estimate of drug-likeness (QED) is 0.455. The van der Waals surface area contributed by atoms with E-state index in [9.17, 15) is 14.7 Å². The van der Waals surface area contributed by atoms with E-state index < -0.39 is 24.3 Å². The van der Waals surface area contributed by atoms with Gasteiger partial charge < -0.3 is 19.7 Å². The Morgan fingerprint density at radius 3 is 2.46 bits per heavy atom. The van der Waals surface area contributed by atoms with E-state index in [1.807, 2.05) is 0 Å². The van der Waals surface area contributed by atoms with Crippen LogP contribution in [0.5, 0.6) is 5.75 Å². The van der Waals surface area contributed by atoms with Crippen LogP contribution in [0.25, 0.3) is 0 Å². The number of halogens is 2. The molecule has 0 saturated heterocycles. The van der Waals surface area contributed by atoms with E-state index >= 15 is 0 Å². The maximum Gasteiger partial charge on any atom is 0.412 e. The molecule has 0 aliphatic heterocycles. The number of hydrogen-bond donors (Lipinski definition) is 3. The van der Waals surface area contributed by atoms with E-state index in [0.717, 1.165) is 6.08 Å². The smallest absolute Gasteiger partial charge is 0.412 e. The van der Waals surface area contributed by atoms with Crippen molar-refractivity contribution in [3.63, 3.8) is 0 Å². The first-order valence-corrected chi connectivity index (χ1v) is 9.55. The second-order valence-corrected chi connectivity index (χ2v) is 7.31. The molecule has 7 nitrogen and oxygen atoms in total. The van der Waals surface area contributed by atoms with Crippen LogP contribution in [0.3, 0.4) is 0 Å². The molecule has 0 spiro atoms. The molecule has 2 rings (SSSR count). The fraction of sp³-hybridized carbons (Fsp3) is 0.158. The summed E-state index contributed by atoms with van der Waals surface area (Å²) in [6.07, 6.45) is -0.777. The van der Waals surface area contributed by atoms with Crippen LogP contribution < -0.4 is 5.32 Å². The molecule has 148 valence electrons. The monoisotopic (exact) mass is 513 g/mol. The normalized spacial score (nSPS) is 13.1. The fourth-order valence-electron chi connectivity index (χ4n) is 2.37. The zero-order valence-corrected chi connectivity index (χ0v) is 17.8. The van der Waals surface area contributed by atoms with Gasteiger partial charge in [-0.1, -0.05) is 34.1 Å². The lowest BCUT2D eigenvalue weighted by atomic mass is 10.0. The number of para-hydroxylation sites is 1. The second kappa shape index (κ2) is 10.3. The number of anilines is 1. The van der Waals surface area contributed by atoms with Crippen LogP contribution in [0.15, 0.2) is 63.6 Å². The summed E-state index contributed by atoms with van der Waals surface area (Å²) in [5, 5.41) is 21.9. The molecule has 1 amide bonds. The molecule has 0 radical (unpaired) electrons. The summed E-state index contributed by atoms with van der Waals surface area (Å²) in [5.74, 6) is -1.35.